The van der Waals surface area contributed by atoms with E-state index in [9.17, 15) is 17.6 Å². The summed E-state index contributed by atoms with van der Waals surface area (Å²) in [5, 5.41) is 5.63. The molecule has 0 aliphatic heterocycles. The van der Waals surface area contributed by atoms with Crippen LogP contribution in [0.15, 0.2) is 48.5 Å². The molecule has 0 bridgehead atoms. The number of halogens is 4. The molecular weight excluding hydrogens is 316 g/mol. The SMILES string of the molecule is Fc1ccc(NC(=S)NCc2ccccc2)cc1C(F)(F)F. The maximum atomic E-state index is 13.2. The first-order valence-corrected chi connectivity index (χ1v) is 6.72. The second-order valence-electron chi connectivity index (χ2n) is 4.49. The van der Waals surface area contributed by atoms with Crippen molar-refractivity contribution in [2.24, 2.45) is 0 Å². The Bertz CT molecular complexity index is 656. The first-order chi connectivity index (χ1) is 10.4. The van der Waals surface area contributed by atoms with Crippen molar-refractivity contribution in [3.8, 4) is 0 Å². The van der Waals surface area contributed by atoms with E-state index in [1.54, 1.807) is 0 Å². The minimum atomic E-state index is -4.75. The largest absolute Gasteiger partial charge is 0.419 e. The Labute approximate surface area is 130 Å². The Hall–Kier alpha value is -2.15. The summed E-state index contributed by atoms with van der Waals surface area (Å²) in [5.74, 6) is -1.32. The topological polar surface area (TPSA) is 24.1 Å². The summed E-state index contributed by atoms with van der Waals surface area (Å²) in [5.41, 5.74) is -0.288. The van der Waals surface area contributed by atoms with E-state index in [0.717, 1.165) is 11.6 Å². The van der Waals surface area contributed by atoms with Gasteiger partial charge in [-0.1, -0.05) is 30.3 Å². The van der Waals surface area contributed by atoms with Crippen LogP contribution in [0, 0.1) is 5.82 Å². The highest BCUT2D eigenvalue weighted by molar-refractivity contribution is 7.80. The number of nitrogens with one attached hydrogen (secondary N) is 2. The molecule has 2 rings (SSSR count). The number of hydrogen-bond acceptors (Lipinski definition) is 1. The molecule has 2 aromatic carbocycles. The highest BCUT2D eigenvalue weighted by Crippen LogP contribution is 2.32. The maximum absolute atomic E-state index is 13.2. The van der Waals surface area contributed by atoms with Crippen molar-refractivity contribution in [2.45, 2.75) is 12.7 Å². The number of alkyl halides is 3. The van der Waals surface area contributed by atoms with Gasteiger partial charge >= 0.3 is 6.18 Å². The van der Waals surface area contributed by atoms with Gasteiger partial charge in [0, 0.05) is 12.2 Å². The normalized spacial score (nSPS) is 11.1. The van der Waals surface area contributed by atoms with Crippen LogP contribution in [-0.2, 0) is 12.7 Å². The highest BCUT2D eigenvalue weighted by Gasteiger charge is 2.34. The van der Waals surface area contributed by atoms with Gasteiger partial charge in [0.25, 0.3) is 0 Å². The zero-order chi connectivity index (χ0) is 16.2. The van der Waals surface area contributed by atoms with Gasteiger partial charge in [-0.3, -0.25) is 0 Å². The Balaban J connectivity index is 2.00. The van der Waals surface area contributed by atoms with Gasteiger partial charge in [0.05, 0.1) is 5.56 Å². The Morgan fingerprint density at radius 2 is 1.73 bits per heavy atom. The van der Waals surface area contributed by atoms with Crippen molar-refractivity contribution < 1.29 is 17.6 Å². The fourth-order valence-electron chi connectivity index (χ4n) is 1.77. The third kappa shape index (κ3) is 4.42. The molecule has 0 saturated heterocycles. The van der Waals surface area contributed by atoms with Crippen molar-refractivity contribution in [3.63, 3.8) is 0 Å². The van der Waals surface area contributed by atoms with E-state index < -0.39 is 17.6 Å². The van der Waals surface area contributed by atoms with Crippen molar-refractivity contribution in [3.05, 3.63) is 65.5 Å². The quantitative estimate of drug-likeness (QED) is 0.648. The van der Waals surface area contributed by atoms with Crippen LogP contribution in [0.1, 0.15) is 11.1 Å². The first kappa shape index (κ1) is 16.2. The molecule has 2 aromatic rings. The summed E-state index contributed by atoms with van der Waals surface area (Å²) < 4.78 is 51.0. The molecule has 7 heteroatoms. The van der Waals surface area contributed by atoms with Crippen LogP contribution in [0.25, 0.3) is 0 Å². The Kier molecular flexibility index (Phi) is 4.97. The van der Waals surface area contributed by atoms with Crippen LogP contribution in [0.2, 0.25) is 0 Å². The van der Waals surface area contributed by atoms with Crippen LogP contribution in [-0.4, -0.2) is 5.11 Å². The Morgan fingerprint density at radius 3 is 2.36 bits per heavy atom. The van der Waals surface area contributed by atoms with Gasteiger partial charge in [-0.25, -0.2) is 4.39 Å². The molecule has 22 heavy (non-hydrogen) atoms. The van der Waals surface area contributed by atoms with E-state index in [0.29, 0.717) is 12.6 Å². The number of rotatable bonds is 3. The molecule has 0 atom stereocenters. The molecule has 0 fully saturated rings. The molecule has 116 valence electrons. The van der Waals surface area contributed by atoms with Crippen molar-refractivity contribution >= 4 is 23.0 Å². The minimum absolute atomic E-state index is 0.0688. The van der Waals surface area contributed by atoms with Crippen molar-refractivity contribution in [2.75, 3.05) is 5.32 Å². The first-order valence-electron chi connectivity index (χ1n) is 6.32. The average molecular weight is 328 g/mol. The molecule has 2 N–H and O–H groups in total. The average Bonchev–Trinajstić information content (AvgIpc) is 2.47. The van der Waals surface area contributed by atoms with E-state index in [4.69, 9.17) is 12.2 Å². The summed E-state index contributed by atoms with van der Waals surface area (Å²) >= 11 is 5.01. The third-order valence-corrected chi connectivity index (χ3v) is 3.07. The summed E-state index contributed by atoms with van der Waals surface area (Å²) in [6, 6.07) is 12.0. The summed E-state index contributed by atoms with van der Waals surface area (Å²) in [6.07, 6.45) is -4.75. The molecule has 0 amide bonds. The van der Waals surface area contributed by atoms with Crippen LogP contribution in [0.3, 0.4) is 0 Å². The zero-order valence-corrected chi connectivity index (χ0v) is 12.1. The molecule has 0 aromatic heterocycles. The van der Waals surface area contributed by atoms with Gasteiger partial charge in [-0.2, -0.15) is 13.2 Å². The molecule has 0 spiro atoms. The minimum Gasteiger partial charge on any atom is -0.358 e. The van der Waals surface area contributed by atoms with E-state index in [1.807, 2.05) is 30.3 Å². The molecule has 0 heterocycles. The lowest BCUT2D eigenvalue weighted by Crippen LogP contribution is -2.28. The second kappa shape index (κ2) is 6.74. The zero-order valence-electron chi connectivity index (χ0n) is 11.2. The second-order valence-corrected chi connectivity index (χ2v) is 4.89. The van der Waals surface area contributed by atoms with Crippen LogP contribution >= 0.6 is 12.2 Å². The smallest absolute Gasteiger partial charge is 0.358 e. The van der Waals surface area contributed by atoms with Gasteiger partial charge < -0.3 is 10.6 Å². The fourth-order valence-corrected chi connectivity index (χ4v) is 1.96. The molecule has 0 aliphatic rings. The Morgan fingerprint density at radius 1 is 1.05 bits per heavy atom. The number of thiocarbonyl (C=S) groups is 1. The van der Waals surface area contributed by atoms with Crippen molar-refractivity contribution in [1.29, 1.82) is 0 Å². The maximum Gasteiger partial charge on any atom is 0.419 e. The van der Waals surface area contributed by atoms with E-state index in [2.05, 4.69) is 10.6 Å². The lowest BCUT2D eigenvalue weighted by atomic mass is 10.2. The molecule has 0 saturated carbocycles. The molecule has 0 aliphatic carbocycles. The van der Waals surface area contributed by atoms with Gasteiger partial charge in [-0.15, -0.1) is 0 Å². The van der Waals surface area contributed by atoms with E-state index in [-0.39, 0.29) is 10.8 Å². The predicted octanol–water partition coefficient (Wildman–Crippen LogP) is 4.33. The third-order valence-electron chi connectivity index (χ3n) is 2.83. The van der Waals surface area contributed by atoms with Crippen LogP contribution < -0.4 is 10.6 Å². The van der Waals surface area contributed by atoms with Gasteiger partial charge in [-0.05, 0) is 36.0 Å². The van der Waals surface area contributed by atoms with E-state index in [1.165, 1.54) is 6.07 Å². The summed E-state index contributed by atoms with van der Waals surface area (Å²) in [4.78, 5) is 0. The fraction of sp³-hybridized carbons (Fsp3) is 0.133. The van der Waals surface area contributed by atoms with E-state index >= 15 is 0 Å². The van der Waals surface area contributed by atoms with Crippen LogP contribution in [0.5, 0.6) is 0 Å². The van der Waals surface area contributed by atoms with Gasteiger partial charge in [0.1, 0.15) is 5.82 Å². The monoisotopic (exact) mass is 328 g/mol. The van der Waals surface area contributed by atoms with Gasteiger partial charge in [0.2, 0.25) is 0 Å². The predicted molar refractivity (Wildman–Crippen MR) is 80.9 cm³/mol. The lowest BCUT2D eigenvalue weighted by molar-refractivity contribution is -0.139. The highest BCUT2D eigenvalue weighted by atomic mass is 32.1. The standard InChI is InChI=1S/C15H12F4N2S/c16-13-7-6-11(8-12(13)15(17,18)19)21-14(22)20-9-10-4-2-1-3-5-10/h1-8H,9H2,(H2,20,21,22). The number of benzene rings is 2. The summed E-state index contributed by atoms with van der Waals surface area (Å²) in [6.45, 7) is 0.431. The number of hydrogen-bond donors (Lipinski definition) is 2. The summed E-state index contributed by atoms with van der Waals surface area (Å²) in [7, 11) is 0. The molecule has 0 radical (unpaired) electrons. The molecular formula is C15H12F4N2S. The van der Waals surface area contributed by atoms with Crippen molar-refractivity contribution in [1.82, 2.24) is 5.32 Å². The van der Waals surface area contributed by atoms with Crippen LogP contribution in [0.4, 0.5) is 23.2 Å². The molecule has 2 nitrogen and oxygen atoms in total. The molecule has 0 unspecified atom stereocenters. The van der Waals surface area contributed by atoms with Gasteiger partial charge in [0.15, 0.2) is 5.11 Å². The lowest BCUT2D eigenvalue weighted by Gasteiger charge is -2.13. The number of anilines is 1.